The highest BCUT2D eigenvalue weighted by molar-refractivity contribution is 5.71. The number of aromatic nitrogens is 3. The fraction of sp³-hybridized carbons (Fsp3) is 0.250. The van der Waals surface area contributed by atoms with Crippen molar-refractivity contribution >= 4 is 11.2 Å². The molecule has 0 aliphatic carbocycles. The van der Waals surface area contributed by atoms with Crippen molar-refractivity contribution in [2.45, 2.75) is 27.2 Å². The van der Waals surface area contributed by atoms with Crippen LogP contribution >= 0.6 is 0 Å². The third-order valence-electron chi connectivity index (χ3n) is 3.47. The van der Waals surface area contributed by atoms with Gasteiger partial charge in [-0.05, 0) is 49.1 Å². The Balaban J connectivity index is 1.94. The second-order valence-electron chi connectivity index (χ2n) is 5.16. The second kappa shape index (κ2) is 4.50. The number of fused-ring (bicyclic) bond motifs is 1. The van der Waals surface area contributed by atoms with E-state index in [9.17, 15) is 0 Å². The molecule has 0 fully saturated rings. The molecule has 0 saturated heterocycles. The van der Waals surface area contributed by atoms with Crippen LogP contribution in [0.5, 0.6) is 0 Å². The highest BCUT2D eigenvalue weighted by Crippen LogP contribution is 2.15. The van der Waals surface area contributed by atoms with Crippen LogP contribution < -0.4 is 0 Å². The zero-order valence-electron chi connectivity index (χ0n) is 11.5. The van der Waals surface area contributed by atoms with Gasteiger partial charge in [-0.2, -0.15) is 0 Å². The Morgan fingerprint density at radius 1 is 1.05 bits per heavy atom. The molecule has 0 spiro atoms. The van der Waals surface area contributed by atoms with Crippen LogP contribution in [-0.2, 0) is 6.42 Å². The molecule has 0 unspecified atom stereocenters. The SMILES string of the molecule is Cc1cnc2nc(Cc3ccc(C)c(C)c3)[nH]c2c1. The van der Waals surface area contributed by atoms with Crippen molar-refractivity contribution in [2.24, 2.45) is 0 Å². The van der Waals surface area contributed by atoms with Gasteiger partial charge in [-0.25, -0.2) is 9.97 Å². The molecule has 3 heteroatoms. The average molecular weight is 251 g/mol. The molecule has 96 valence electrons. The first kappa shape index (κ1) is 11.9. The molecule has 0 amide bonds. The van der Waals surface area contributed by atoms with Crippen molar-refractivity contribution in [3.05, 3.63) is 58.5 Å². The Bertz CT molecular complexity index is 741. The molecule has 3 rings (SSSR count). The van der Waals surface area contributed by atoms with Crippen LogP contribution in [0.1, 0.15) is 28.1 Å². The van der Waals surface area contributed by atoms with Gasteiger partial charge in [-0.1, -0.05) is 18.2 Å². The number of aromatic amines is 1. The van der Waals surface area contributed by atoms with Gasteiger partial charge in [0.2, 0.25) is 0 Å². The summed E-state index contributed by atoms with van der Waals surface area (Å²) >= 11 is 0. The Morgan fingerprint density at radius 2 is 1.89 bits per heavy atom. The number of aryl methyl sites for hydroxylation is 3. The molecule has 2 heterocycles. The molecular weight excluding hydrogens is 234 g/mol. The third kappa shape index (κ3) is 2.36. The zero-order valence-corrected chi connectivity index (χ0v) is 11.5. The van der Waals surface area contributed by atoms with E-state index in [1.807, 2.05) is 13.1 Å². The standard InChI is InChI=1S/C16H17N3/c1-10-6-14-16(17-9-10)19-15(18-14)8-13-5-4-11(2)12(3)7-13/h4-7,9H,8H2,1-3H3,(H,17,18,19). The second-order valence-corrected chi connectivity index (χ2v) is 5.16. The molecule has 0 saturated carbocycles. The number of imidazole rings is 1. The van der Waals surface area contributed by atoms with Gasteiger partial charge in [0.1, 0.15) is 5.82 Å². The molecule has 3 aromatic rings. The molecule has 19 heavy (non-hydrogen) atoms. The van der Waals surface area contributed by atoms with E-state index in [-0.39, 0.29) is 0 Å². The summed E-state index contributed by atoms with van der Waals surface area (Å²) in [5, 5.41) is 0. The van der Waals surface area contributed by atoms with Gasteiger partial charge in [-0.3, -0.25) is 0 Å². The maximum atomic E-state index is 4.53. The number of hydrogen-bond acceptors (Lipinski definition) is 2. The summed E-state index contributed by atoms with van der Waals surface area (Å²) in [5.41, 5.74) is 6.88. The van der Waals surface area contributed by atoms with Crippen molar-refractivity contribution in [3.8, 4) is 0 Å². The first-order valence-electron chi connectivity index (χ1n) is 6.49. The molecule has 0 aliphatic rings. The molecule has 0 radical (unpaired) electrons. The average Bonchev–Trinajstić information content (AvgIpc) is 2.75. The molecule has 2 aromatic heterocycles. The third-order valence-corrected chi connectivity index (χ3v) is 3.47. The smallest absolute Gasteiger partial charge is 0.177 e. The van der Waals surface area contributed by atoms with E-state index in [4.69, 9.17) is 0 Å². The van der Waals surface area contributed by atoms with Gasteiger partial charge in [0, 0.05) is 12.6 Å². The maximum Gasteiger partial charge on any atom is 0.177 e. The lowest BCUT2D eigenvalue weighted by molar-refractivity contribution is 1.03. The lowest BCUT2D eigenvalue weighted by atomic mass is 10.0. The summed E-state index contributed by atoms with van der Waals surface area (Å²) in [6, 6.07) is 8.63. The summed E-state index contributed by atoms with van der Waals surface area (Å²) in [7, 11) is 0. The van der Waals surface area contributed by atoms with Crippen molar-refractivity contribution in [3.63, 3.8) is 0 Å². The van der Waals surface area contributed by atoms with E-state index in [2.05, 4.69) is 53.1 Å². The summed E-state index contributed by atoms with van der Waals surface area (Å²) in [6.45, 7) is 6.31. The minimum absolute atomic E-state index is 0.796. The van der Waals surface area contributed by atoms with E-state index >= 15 is 0 Å². The Morgan fingerprint density at radius 3 is 2.68 bits per heavy atom. The fourth-order valence-electron chi connectivity index (χ4n) is 2.24. The van der Waals surface area contributed by atoms with Crippen molar-refractivity contribution in [2.75, 3.05) is 0 Å². The first-order valence-corrected chi connectivity index (χ1v) is 6.49. The van der Waals surface area contributed by atoms with Crippen LogP contribution in [0, 0.1) is 20.8 Å². The van der Waals surface area contributed by atoms with E-state index < -0.39 is 0 Å². The normalized spacial score (nSPS) is 11.1. The number of nitrogens with one attached hydrogen (secondary N) is 1. The number of rotatable bonds is 2. The predicted octanol–water partition coefficient (Wildman–Crippen LogP) is 3.47. The van der Waals surface area contributed by atoms with Crippen LogP contribution in [0.4, 0.5) is 0 Å². The van der Waals surface area contributed by atoms with Crippen LogP contribution in [0.2, 0.25) is 0 Å². The van der Waals surface area contributed by atoms with E-state index in [1.54, 1.807) is 0 Å². The minimum Gasteiger partial charge on any atom is -0.340 e. The van der Waals surface area contributed by atoms with Crippen LogP contribution in [0.15, 0.2) is 30.5 Å². The summed E-state index contributed by atoms with van der Waals surface area (Å²) < 4.78 is 0. The topological polar surface area (TPSA) is 41.6 Å². The maximum absolute atomic E-state index is 4.53. The largest absolute Gasteiger partial charge is 0.340 e. The van der Waals surface area contributed by atoms with E-state index in [1.165, 1.54) is 16.7 Å². The minimum atomic E-state index is 0.796. The van der Waals surface area contributed by atoms with Gasteiger partial charge >= 0.3 is 0 Å². The first-order chi connectivity index (χ1) is 9.11. The molecule has 0 bridgehead atoms. The number of pyridine rings is 1. The number of H-pyrrole nitrogens is 1. The van der Waals surface area contributed by atoms with E-state index in [0.717, 1.165) is 29.0 Å². The van der Waals surface area contributed by atoms with Gasteiger partial charge in [0.15, 0.2) is 5.65 Å². The predicted molar refractivity (Wildman–Crippen MR) is 77.3 cm³/mol. The number of nitrogens with zero attached hydrogens (tertiary/aromatic N) is 2. The van der Waals surface area contributed by atoms with E-state index in [0.29, 0.717) is 0 Å². The van der Waals surface area contributed by atoms with Gasteiger partial charge in [0.05, 0.1) is 5.52 Å². The Labute approximate surface area is 112 Å². The summed E-state index contributed by atoms with van der Waals surface area (Å²) in [4.78, 5) is 12.2. The van der Waals surface area contributed by atoms with Crippen molar-refractivity contribution in [1.82, 2.24) is 15.0 Å². The highest BCUT2D eigenvalue weighted by Gasteiger charge is 2.05. The molecule has 1 aromatic carbocycles. The molecule has 3 nitrogen and oxygen atoms in total. The highest BCUT2D eigenvalue weighted by atomic mass is 15.0. The lowest BCUT2D eigenvalue weighted by Crippen LogP contribution is -1.92. The monoisotopic (exact) mass is 251 g/mol. The van der Waals surface area contributed by atoms with Crippen molar-refractivity contribution < 1.29 is 0 Å². The lowest BCUT2D eigenvalue weighted by Gasteiger charge is -2.03. The Hall–Kier alpha value is -2.16. The molecule has 0 atom stereocenters. The van der Waals surface area contributed by atoms with Gasteiger partial charge in [0.25, 0.3) is 0 Å². The number of hydrogen-bond donors (Lipinski definition) is 1. The van der Waals surface area contributed by atoms with Gasteiger partial charge < -0.3 is 4.98 Å². The van der Waals surface area contributed by atoms with Crippen molar-refractivity contribution in [1.29, 1.82) is 0 Å². The summed E-state index contributed by atoms with van der Waals surface area (Å²) in [6.07, 6.45) is 2.67. The molecule has 0 aliphatic heterocycles. The quantitative estimate of drug-likeness (QED) is 0.757. The van der Waals surface area contributed by atoms with Gasteiger partial charge in [-0.15, -0.1) is 0 Å². The Kier molecular flexibility index (Phi) is 2.82. The summed E-state index contributed by atoms with van der Waals surface area (Å²) in [5.74, 6) is 0.969. The zero-order chi connectivity index (χ0) is 13.4. The van der Waals surface area contributed by atoms with Crippen LogP contribution in [-0.4, -0.2) is 15.0 Å². The van der Waals surface area contributed by atoms with Crippen LogP contribution in [0.3, 0.4) is 0 Å². The molecule has 1 N–H and O–H groups in total. The van der Waals surface area contributed by atoms with Crippen LogP contribution in [0.25, 0.3) is 11.2 Å². The number of benzene rings is 1. The fourth-order valence-corrected chi connectivity index (χ4v) is 2.24. The molecular formula is C16H17N3.